The lowest BCUT2D eigenvalue weighted by atomic mass is 9.93. The fourth-order valence-electron chi connectivity index (χ4n) is 2.90. The van der Waals surface area contributed by atoms with Gasteiger partial charge in [0.1, 0.15) is 24.7 Å². The molecule has 0 radical (unpaired) electrons. The highest BCUT2D eigenvalue weighted by Crippen LogP contribution is 2.66. The van der Waals surface area contributed by atoms with E-state index in [1.807, 2.05) is 0 Å². The van der Waals surface area contributed by atoms with E-state index in [1.54, 1.807) is 0 Å². The van der Waals surface area contributed by atoms with E-state index in [4.69, 9.17) is 24.8 Å². The van der Waals surface area contributed by atoms with Crippen LogP contribution >= 0.6 is 23.5 Å². The molecule has 20 heteroatoms. The highest BCUT2D eigenvalue weighted by molar-refractivity contribution is 7.66. The number of fused-ring (bicyclic) bond motifs is 1. The minimum Gasteiger partial charge on any atom is -0.387 e. The molecule has 0 aromatic carbocycles. The van der Waals surface area contributed by atoms with Crippen LogP contribution in [0.5, 0.6) is 0 Å². The largest absolute Gasteiger partial charge is 0.490 e. The van der Waals surface area contributed by atoms with E-state index in [0.717, 1.165) is 6.92 Å². The van der Waals surface area contributed by atoms with E-state index < -0.39 is 54.1 Å². The average molecular weight is 508 g/mol. The zero-order valence-corrected chi connectivity index (χ0v) is 17.9. The second-order valence-corrected chi connectivity index (χ2v) is 10.9. The number of hydrogen-bond donors (Lipinski definition) is 6. The van der Waals surface area contributed by atoms with Gasteiger partial charge in [-0.3, -0.25) is 14.5 Å². The number of alkyl halides is 1. The number of imidazole rings is 1. The summed E-state index contributed by atoms with van der Waals surface area (Å²) in [6, 6.07) is 0. The number of phosphoric ester groups is 1. The zero-order valence-electron chi connectivity index (χ0n) is 15.2. The van der Waals surface area contributed by atoms with E-state index in [2.05, 4.69) is 23.1 Å². The minimum atomic E-state index is -5.73. The summed E-state index contributed by atoms with van der Waals surface area (Å²) in [5, 5.41) is 17.8. The van der Waals surface area contributed by atoms with Crippen LogP contribution in [0.4, 0.5) is 4.39 Å². The summed E-state index contributed by atoms with van der Waals surface area (Å²) in [6.07, 6.45) is -2.61. The summed E-state index contributed by atoms with van der Waals surface area (Å²) in [4.78, 5) is 43.2. The van der Waals surface area contributed by atoms with Crippen LogP contribution in [0, 0.1) is 5.41 Å². The summed E-state index contributed by atoms with van der Waals surface area (Å²) in [6.45, 7) is -0.0592. The molecule has 6 atom stereocenters. The maximum atomic E-state index is 15.2. The van der Waals surface area contributed by atoms with Crippen LogP contribution in [-0.4, -0.2) is 70.9 Å². The van der Waals surface area contributed by atoms with Gasteiger partial charge < -0.3 is 29.4 Å². The Kier molecular flexibility index (Phi) is 6.30. The molecule has 0 bridgehead atoms. The van der Waals surface area contributed by atoms with Crippen molar-refractivity contribution in [3.63, 3.8) is 0 Å². The molecule has 0 spiro atoms. The number of nitrogens with zero attached hydrogens (tertiary/aromatic N) is 3. The van der Waals surface area contributed by atoms with Gasteiger partial charge in [-0.2, -0.15) is 8.62 Å². The molecule has 31 heavy (non-hydrogen) atoms. The number of aliphatic imine (C=N–C) groups is 1. The van der Waals surface area contributed by atoms with Crippen LogP contribution < -0.4 is 0 Å². The van der Waals surface area contributed by atoms with Crippen molar-refractivity contribution in [2.75, 3.05) is 6.61 Å². The third kappa shape index (κ3) is 5.25. The molecular weight excluding hydrogens is 492 g/mol. The van der Waals surface area contributed by atoms with E-state index in [0.29, 0.717) is 0 Å². The number of aliphatic hydroxyl groups is 1. The number of hydrogen-bond acceptors (Lipinski definition) is 10. The zero-order chi connectivity index (χ0) is 23.4. The van der Waals surface area contributed by atoms with Crippen LogP contribution in [0.1, 0.15) is 24.5 Å². The molecule has 0 aliphatic carbocycles. The van der Waals surface area contributed by atoms with Crippen LogP contribution in [0.25, 0.3) is 0 Å². The fraction of sp³-hybridized carbons (Fsp3) is 0.545. The Morgan fingerprint density at radius 2 is 1.90 bits per heavy atom. The quantitative estimate of drug-likeness (QED) is 0.253. The molecule has 1 aromatic rings. The van der Waals surface area contributed by atoms with Crippen molar-refractivity contribution in [1.29, 1.82) is 5.41 Å². The topological polar surface area (TPSA) is 243 Å². The van der Waals surface area contributed by atoms with Gasteiger partial charge in [0, 0.05) is 0 Å². The average Bonchev–Trinajstić information content (AvgIpc) is 3.19. The Hall–Kier alpha value is -1.19. The monoisotopic (exact) mass is 508 g/mol. The standard InChI is InChI=1S/C11H16FN4O12P3/c1-11(12)7(17)6(3-25-30(21,22)28-31(23,24)27-29(18,19)20)26-8(11)5-2-14-10-9(13)15-4-16(5)10/h2,4,6-8,13,17H,3H2,1H3,(H,21,22)(H,23,24)(H2,18,19,20). The van der Waals surface area contributed by atoms with E-state index >= 15 is 4.39 Å². The summed E-state index contributed by atoms with van der Waals surface area (Å²) in [7, 11) is -16.8. The molecule has 1 fully saturated rings. The molecule has 1 aromatic heterocycles. The Bertz CT molecular complexity index is 1070. The Labute approximate surface area is 172 Å². The van der Waals surface area contributed by atoms with Gasteiger partial charge in [-0.15, -0.1) is 0 Å². The van der Waals surface area contributed by atoms with Crippen LogP contribution in [0.2, 0.25) is 0 Å². The first kappa shape index (κ1) is 24.5. The lowest BCUT2D eigenvalue weighted by Gasteiger charge is -2.23. The maximum Gasteiger partial charge on any atom is 0.490 e. The van der Waals surface area contributed by atoms with Crippen molar-refractivity contribution in [2.24, 2.45) is 4.99 Å². The maximum absolute atomic E-state index is 15.2. The summed E-state index contributed by atoms with van der Waals surface area (Å²) < 4.78 is 67.1. The third-order valence-corrected chi connectivity index (χ3v) is 7.98. The highest BCUT2D eigenvalue weighted by atomic mass is 31.3. The molecule has 16 nitrogen and oxygen atoms in total. The molecule has 174 valence electrons. The normalized spacial score (nSPS) is 32.1. The lowest BCUT2D eigenvalue weighted by molar-refractivity contribution is -0.0240. The van der Waals surface area contributed by atoms with Crippen molar-refractivity contribution < 1.29 is 60.6 Å². The van der Waals surface area contributed by atoms with Gasteiger partial charge in [0.05, 0.1) is 18.5 Å². The minimum absolute atomic E-state index is 0.0749. The molecule has 2 aliphatic heterocycles. The molecule has 2 aliphatic rings. The summed E-state index contributed by atoms with van der Waals surface area (Å²) in [5.74, 6) is -0.0878. The number of aromatic nitrogens is 2. The Morgan fingerprint density at radius 3 is 2.52 bits per heavy atom. The van der Waals surface area contributed by atoms with Crippen LogP contribution in [0.15, 0.2) is 11.2 Å². The predicted octanol–water partition coefficient (Wildman–Crippen LogP) is -0.0292. The van der Waals surface area contributed by atoms with Crippen LogP contribution in [-0.2, 0) is 31.6 Å². The summed E-state index contributed by atoms with van der Waals surface area (Å²) >= 11 is 0. The first-order valence-corrected chi connectivity index (χ1v) is 12.6. The van der Waals surface area contributed by atoms with Gasteiger partial charge in [0.2, 0.25) is 0 Å². The fourth-order valence-corrected chi connectivity index (χ4v) is 5.93. The number of ether oxygens (including phenoxy) is 1. The van der Waals surface area contributed by atoms with E-state index in [-0.39, 0.29) is 17.4 Å². The van der Waals surface area contributed by atoms with Crippen molar-refractivity contribution in [2.45, 2.75) is 30.9 Å². The SMILES string of the molecule is CC1(F)C(c2cnc3n2C=NC3=N)OC(COP(=O)(O)OP(=O)(O)OP(=O)(O)O)C1O. The second kappa shape index (κ2) is 7.99. The van der Waals surface area contributed by atoms with Gasteiger partial charge in [-0.1, -0.05) is 0 Å². The second-order valence-electron chi connectivity index (χ2n) is 6.51. The first-order valence-electron chi connectivity index (χ1n) is 8.03. The van der Waals surface area contributed by atoms with Crippen molar-refractivity contribution in [3.8, 4) is 0 Å². The van der Waals surface area contributed by atoms with Gasteiger partial charge in [0.15, 0.2) is 17.3 Å². The Balaban J connectivity index is 1.71. The lowest BCUT2D eigenvalue weighted by Crippen LogP contribution is -2.39. The molecule has 3 rings (SSSR count). The molecular formula is C11H16FN4O12P3. The van der Waals surface area contributed by atoms with E-state index in [1.165, 1.54) is 17.1 Å². The molecule has 3 heterocycles. The molecule has 0 amide bonds. The van der Waals surface area contributed by atoms with Crippen molar-refractivity contribution >= 4 is 35.6 Å². The predicted molar refractivity (Wildman–Crippen MR) is 95.9 cm³/mol. The number of amidine groups is 1. The van der Waals surface area contributed by atoms with Crippen molar-refractivity contribution in [1.82, 2.24) is 9.55 Å². The smallest absolute Gasteiger partial charge is 0.387 e. The highest BCUT2D eigenvalue weighted by Gasteiger charge is 2.56. The summed E-state index contributed by atoms with van der Waals surface area (Å²) in [5.41, 5.74) is -2.40. The van der Waals surface area contributed by atoms with Gasteiger partial charge >= 0.3 is 23.5 Å². The number of rotatable bonds is 8. The number of halogens is 1. The van der Waals surface area contributed by atoms with Crippen LogP contribution in [0.3, 0.4) is 0 Å². The molecule has 6 N–H and O–H groups in total. The molecule has 1 saturated heterocycles. The molecule has 6 unspecified atom stereocenters. The number of aliphatic hydroxyl groups excluding tert-OH is 1. The Morgan fingerprint density at radius 1 is 1.26 bits per heavy atom. The van der Waals surface area contributed by atoms with E-state index in [9.17, 15) is 23.7 Å². The van der Waals surface area contributed by atoms with Crippen molar-refractivity contribution in [3.05, 3.63) is 17.7 Å². The van der Waals surface area contributed by atoms with Gasteiger partial charge in [0.25, 0.3) is 0 Å². The number of phosphoric acid groups is 3. The number of nitrogens with one attached hydrogen (secondary N) is 1. The third-order valence-electron chi connectivity index (χ3n) is 4.18. The first-order chi connectivity index (χ1) is 14.0. The van der Waals surface area contributed by atoms with Gasteiger partial charge in [-0.25, -0.2) is 28.1 Å². The van der Waals surface area contributed by atoms with Gasteiger partial charge in [-0.05, 0) is 6.92 Å². The molecule has 0 saturated carbocycles.